The number of nitrogens with two attached hydrogens (primary N) is 1. The van der Waals surface area contributed by atoms with E-state index in [0.717, 1.165) is 12.0 Å². The molecule has 3 N–H and O–H groups in total. The summed E-state index contributed by atoms with van der Waals surface area (Å²) in [6.45, 7) is 6.01. The molecular weight excluding hydrogens is 200 g/mol. The highest BCUT2D eigenvalue weighted by Crippen LogP contribution is 2.13. The molecule has 1 amide bonds. The van der Waals surface area contributed by atoms with E-state index in [9.17, 15) is 4.79 Å². The molecule has 0 fully saturated rings. The molecule has 0 radical (unpaired) electrons. The zero-order valence-corrected chi connectivity index (χ0v) is 10.2. The molecule has 1 atom stereocenters. The lowest BCUT2D eigenvalue weighted by molar-refractivity contribution is -0.124. The SMILES string of the molecule is CCC(C)(C)NC(=O)[C@@H](N)c1ccccc1. The van der Waals surface area contributed by atoms with Crippen LogP contribution in [0.1, 0.15) is 38.8 Å². The quantitative estimate of drug-likeness (QED) is 0.815. The molecule has 0 bridgehead atoms. The van der Waals surface area contributed by atoms with Crippen LogP contribution in [0.3, 0.4) is 0 Å². The van der Waals surface area contributed by atoms with Gasteiger partial charge in [0.1, 0.15) is 6.04 Å². The Hall–Kier alpha value is -1.35. The lowest BCUT2D eigenvalue weighted by Crippen LogP contribution is -2.46. The van der Waals surface area contributed by atoms with Crippen LogP contribution in [-0.4, -0.2) is 11.4 Å². The third-order valence-electron chi connectivity index (χ3n) is 2.79. The number of nitrogens with one attached hydrogen (secondary N) is 1. The summed E-state index contributed by atoms with van der Waals surface area (Å²) in [6.07, 6.45) is 0.875. The molecule has 0 aliphatic carbocycles. The van der Waals surface area contributed by atoms with Gasteiger partial charge in [-0.3, -0.25) is 4.79 Å². The van der Waals surface area contributed by atoms with Gasteiger partial charge in [0.05, 0.1) is 0 Å². The van der Waals surface area contributed by atoms with Gasteiger partial charge >= 0.3 is 0 Å². The minimum atomic E-state index is -0.591. The summed E-state index contributed by atoms with van der Waals surface area (Å²) in [5.41, 5.74) is 6.52. The van der Waals surface area contributed by atoms with Crippen molar-refractivity contribution < 1.29 is 4.79 Å². The summed E-state index contributed by atoms with van der Waals surface area (Å²) in [5, 5.41) is 2.94. The predicted molar refractivity (Wildman–Crippen MR) is 65.9 cm³/mol. The smallest absolute Gasteiger partial charge is 0.241 e. The molecule has 16 heavy (non-hydrogen) atoms. The molecule has 0 heterocycles. The summed E-state index contributed by atoms with van der Waals surface area (Å²) < 4.78 is 0. The molecule has 0 saturated heterocycles. The fourth-order valence-corrected chi connectivity index (χ4v) is 1.31. The molecule has 0 aliphatic heterocycles. The summed E-state index contributed by atoms with van der Waals surface area (Å²) in [6, 6.07) is 8.81. The fraction of sp³-hybridized carbons (Fsp3) is 0.462. The molecule has 3 heteroatoms. The van der Waals surface area contributed by atoms with Crippen molar-refractivity contribution in [3.8, 4) is 0 Å². The van der Waals surface area contributed by atoms with Gasteiger partial charge in [0, 0.05) is 5.54 Å². The highest BCUT2D eigenvalue weighted by molar-refractivity contribution is 5.83. The van der Waals surface area contributed by atoms with Crippen LogP contribution >= 0.6 is 0 Å². The van der Waals surface area contributed by atoms with Crippen LogP contribution < -0.4 is 11.1 Å². The van der Waals surface area contributed by atoms with Gasteiger partial charge in [-0.1, -0.05) is 37.3 Å². The third-order valence-corrected chi connectivity index (χ3v) is 2.79. The van der Waals surface area contributed by atoms with Crippen LogP contribution in [0.15, 0.2) is 30.3 Å². The minimum absolute atomic E-state index is 0.127. The topological polar surface area (TPSA) is 55.1 Å². The molecule has 0 spiro atoms. The summed E-state index contributed by atoms with van der Waals surface area (Å²) in [5.74, 6) is -0.127. The maximum absolute atomic E-state index is 11.9. The maximum Gasteiger partial charge on any atom is 0.241 e. The number of rotatable bonds is 4. The van der Waals surface area contributed by atoms with E-state index >= 15 is 0 Å². The summed E-state index contributed by atoms with van der Waals surface area (Å²) >= 11 is 0. The van der Waals surface area contributed by atoms with Crippen LogP contribution in [0, 0.1) is 0 Å². The number of hydrogen-bond acceptors (Lipinski definition) is 2. The number of benzene rings is 1. The normalized spacial score (nSPS) is 13.2. The standard InChI is InChI=1S/C13H20N2O/c1-4-13(2,3)15-12(16)11(14)10-8-6-5-7-9-10/h5-9,11H,4,14H2,1-3H3,(H,15,16)/t11-/m0/s1. The molecule has 1 aromatic carbocycles. The van der Waals surface area contributed by atoms with Crippen molar-refractivity contribution in [1.29, 1.82) is 0 Å². The molecule has 0 unspecified atom stereocenters. The second-order valence-corrected chi connectivity index (χ2v) is 4.62. The zero-order valence-electron chi connectivity index (χ0n) is 10.2. The van der Waals surface area contributed by atoms with Crippen LogP contribution in [0.5, 0.6) is 0 Å². The highest BCUT2D eigenvalue weighted by atomic mass is 16.2. The van der Waals surface area contributed by atoms with Gasteiger partial charge in [-0.15, -0.1) is 0 Å². The minimum Gasteiger partial charge on any atom is -0.350 e. The third kappa shape index (κ3) is 3.35. The molecule has 88 valence electrons. The lowest BCUT2D eigenvalue weighted by Gasteiger charge is -2.26. The fourth-order valence-electron chi connectivity index (χ4n) is 1.31. The number of carbonyl (C=O) groups is 1. The van der Waals surface area contributed by atoms with Crippen molar-refractivity contribution in [2.24, 2.45) is 5.73 Å². The van der Waals surface area contributed by atoms with Crippen molar-refractivity contribution in [1.82, 2.24) is 5.32 Å². The van der Waals surface area contributed by atoms with E-state index in [2.05, 4.69) is 5.32 Å². The van der Waals surface area contributed by atoms with E-state index in [1.165, 1.54) is 0 Å². The molecular formula is C13H20N2O. The number of carbonyl (C=O) groups excluding carboxylic acids is 1. The average Bonchev–Trinajstić information content (AvgIpc) is 2.28. The van der Waals surface area contributed by atoms with Crippen molar-refractivity contribution in [3.63, 3.8) is 0 Å². The number of amides is 1. The van der Waals surface area contributed by atoms with Gasteiger partial charge in [0.2, 0.25) is 5.91 Å². The first kappa shape index (κ1) is 12.7. The van der Waals surface area contributed by atoms with E-state index < -0.39 is 6.04 Å². The van der Waals surface area contributed by atoms with E-state index in [-0.39, 0.29) is 11.4 Å². The van der Waals surface area contributed by atoms with E-state index in [4.69, 9.17) is 5.73 Å². The van der Waals surface area contributed by atoms with E-state index in [1.807, 2.05) is 51.1 Å². The van der Waals surface area contributed by atoms with Gasteiger partial charge in [-0.25, -0.2) is 0 Å². The highest BCUT2D eigenvalue weighted by Gasteiger charge is 2.22. The van der Waals surface area contributed by atoms with Crippen molar-refractivity contribution in [3.05, 3.63) is 35.9 Å². The monoisotopic (exact) mass is 220 g/mol. The summed E-state index contributed by atoms with van der Waals surface area (Å²) in [4.78, 5) is 11.9. The Balaban J connectivity index is 2.69. The molecule has 0 saturated carbocycles. The Bertz CT molecular complexity index is 346. The van der Waals surface area contributed by atoms with Gasteiger partial charge < -0.3 is 11.1 Å². The number of hydrogen-bond donors (Lipinski definition) is 2. The Labute approximate surface area is 97.0 Å². The first-order valence-corrected chi connectivity index (χ1v) is 5.59. The van der Waals surface area contributed by atoms with Crippen molar-refractivity contribution in [2.45, 2.75) is 38.8 Å². The molecule has 0 aromatic heterocycles. The van der Waals surface area contributed by atoms with Gasteiger partial charge in [0.25, 0.3) is 0 Å². The van der Waals surface area contributed by atoms with Crippen molar-refractivity contribution in [2.75, 3.05) is 0 Å². The van der Waals surface area contributed by atoms with Gasteiger partial charge in [-0.05, 0) is 25.8 Å². The average molecular weight is 220 g/mol. The van der Waals surface area contributed by atoms with Gasteiger partial charge in [0.15, 0.2) is 0 Å². The molecule has 3 nitrogen and oxygen atoms in total. The van der Waals surface area contributed by atoms with Crippen LogP contribution in [0.25, 0.3) is 0 Å². The molecule has 1 aromatic rings. The van der Waals surface area contributed by atoms with Gasteiger partial charge in [-0.2, -0.15) is 0 Å². The van der Waals surface area contributed by atoms with Crippen LogP contribution in [-0.2, 0) is 4.79 Å². The Morgan fingerprint density at radius 2 is 1.94 bits per heavy atom. The van der Waals surface area contributed by atoms with Crippen LogP contribution in [0.2, 0.25) is 0 Å². The van der Waals surface area contributed by atoms with E-state index in [0.29, 0.717) is 0 Å². The largest absolute Gasteiger partial charge is 0.350 e. The Morgan fingerprint density at radius 3 is 2.44 bits per heavy atom. The molecule has 1 rings (SSSR count). The Kier molecular flexibility index (Phi) is 4.07. The summed E-state index contributed by atoms with van der Waals surface area (Å²) in [7, 11) is 0. The first-order chi connectivity index (χ1) is 7.46. The Morgan fingerprint density at radius 1 is 1.38 bits per heavy atom. The lowest BCUT2D eigenvalue weighted by atomic mass is 10.00. The second kappa shape index (κ2) is 5.12. The second-order valence-electron chi connectivity index (χ2n) is 4.62. The van der Waals surface area contributed by atoms with Crippen molar-refractivity contribution >= 4 is 5.91 Å². The first-order valence-electron chi connectivity index (χ1n) is 5.59. The molecule has 0 aliphatic rings. The maximum atomic E-state index is 11.9. The zero-order chi connectivity index (χ0) is 12.2. The predicted octanol–water partition coefficient (Wildman–Crippen LogP) is 1.99. The van der Waals surface area contributed by atoms with E-state index in [1.54, 1.807) is 0 Å². The van der Waals surface area contributed by atoms with Crippen LogP contribution in [0.4, 0.5) is 0 Å².